The van der Waals surface area contributed by atoms with Gasteiger partial charge in [-0.3, -0.25) is 29.6 Å². The summed E-state index contributed by atoms with van der Waals surface area (Å²) in [6.07, 6.45) is 9.72. The normalized spacial score (nSPS) is 25.3. The van der Waals surface area contributed by atoms with Crippen LogP contribution in [0.5, 0.6) is 11.8 Å². The lowest BCUT2D eigenvalue weighted by molar-refractivity contribution is -0.136. The molecule has 9 heterocycles. The Balaban J connectivity index is 0.647. The van der Waals surface area contributed by atoms with Gasteiger partial charge >= 0.3 is 6.01 Å². The molecule has 3 N–H and O–H groups in total. The van der Waals surface area contributed by atoms with Crippen molar-refractivity contribution in [2.75, 3.05) is 75.3 Å². The second-order valence-electron chi connectivity index (χ2n) is 21.7. The van der Waals surface area contributed by atoms with E-state index in [0.29, 0.717) is 65.4 Å². The molecule has 7 aliphatic heterocycles. The monoisotopic (exact) mass is 934 g/mol. The Hall–Kier alpha value is -5.97. The van der Waals surface area contributed by atoms with E-state index in [-0.39, 0.29) is 52.5 Å². The van der Waals surface area contributed by atoms with Crippen LogP contribution in [0.2, 0.25) is 0 Å². The number of carbonyl (C=O) groups excluding carboxylic acids is 3. The molecule has 3 aromatic carbocycles. The molecule has 1 saturated carbocycles. The number of benzene rings is 3. The van der Waals surface area contributed by atoms with Crippen LogP contribution < -0.4 is 25.2 Å². The second-order valence-corrected chi connectivity index (χ2v) is 21.7. The molecule has 358 valence electrons. The highest BCUT2D eigenvalue weighted by molar-refractivity contribution is 6.06. The first-order chi connectivity index (χ1) is 33.5. The Morgan fingerprint density at radius 1 is 0.899 bits per heavy atom. The first kappa shape index (κ1) is 43.1. The number of imide groups is 1. The van der Waals surface area contributed by atoms with Gasteiger partial charge in [-0.15, -0.1) is 0 Å². The molecule has 3 atom stereocenters. The van der Waals surface area contributed by atoms with Gasteiger partial charge < -0.3 is 34.8 Å². The topological polar surface area (TPSA) is 160 Å². The number of hydrogen-bond acceptors (Lipinski definition) is 13. The zero-order valence-corrected chi connectivity index (χ0v) is 39.2. The number of fused-ring (bicyclic) bond motifs is 5. The number of piperazine rings is 1. The molecule has 5 aromatic rings. The van der Waals surface area contributed by atoms with Crippen LogP contribution in [0.25, 0.3) is 32.9 Å². The lowest BCUT2D eigenvalue weighted by Gasteiger charge is -2.63. The van der Waals surface area contributed by atoms with E-state index in [1.165, 1.54) is 0 Å². The van der Waals surface area contributed by atoms with Crippen molar-refractivity contribution in [3.05, 3.63) is 77.2 Å². The van der Waals surface area contributed by atoms with Gasteiger partial charge in [-0.2, -0.15) is 9.97 Å². The predicted molar refractivity (Wildman–Crippen MR) is 259 cm³/mol. The summed E-state index contributed by atoms with van der Waals surface area (Å²) in [4.78, 5) is 63.6. The molecular weight excluding hydrogens is 876 g/mol. The minimum atomic E-state index is -0.602. The van der Waals surface area contributed by atoms with Crippen molar-refractivity contribution < 1.29 is 28.6 Å². The number of aryl methyl sites for hydroxylation is 1. The molecule has 3 unspecified atom stereocenters. The van der Waals surface area contributed by atoms with Crippen molar-refractivity contribution in [1.29, 1.82) is 0 Å². The predicted octanol–water partition coefficient (Wildman–Crippen LogP) is 5.40. The van der Waals surface area contributed by atoms with Gasteiger partial charge in [0.05, 0.1) is 12.0 Å². The van der Waals surface area contributed by atoms with Crippen molar-refractivity contribution in [1.82, 2.24) is 40.3 Å². The Kier molecular flexibility index (Phi) is 10.2. The lowest BCUT2D eigenvalue weighted by Crippen LogP contribution is -2.74. The van der Waals surface area contributed by atoms with Gasteiger partial charge in [0.2, 0.25) is 11.8 Å². The van der Waals surface area contributed by atoms with E-state index < -0.39 is 11.9 Å². The molecule has 2 bridgehead atoms. The molecule has 7 fully saturated rings. The first-order valence-electron chi connectivity index (χ1n) is 25.2. The fourth-order valence-corrected chi connectivity index (χ4v) is 13.1. The fraction of sp³-hybridized carbons (Fsp3) is 0.509. The van der Waals surface area contributed by atoms with Crippen LogP contribution >= 0.6 is 0 Å². The van der Waals surface area contributed by atoms with Crippen molar-refractivity contribution in [3.8, 4) is 23.0 Å². The SMILES string of the molecule is CCc1cccc2cc(O)cc(-c3ncc4c(N5CC6CCC(C5)N6)nc(OCC5(CN6CCC(N7CC8(CN(c9ccc%10c(c9)CN(C9CCC(=O)NC9=O)C%10=O)C8)C7)CC6)CC5)nc4c3F)c12. The number of rotatable bonds is 11. The summed E-state index contributed by atoms with van der Waals surface area (Å²) in [5.41, 5.74) is 5.00. The van der Waals surface area contributed by atoms with Gasteiger partial charge in [0.15, 0.2) is 5.82 Å². The third kappa shape index (κ3) is 7.55. The number of phenols is 1. The van der Waals surface area contributed by atoms with Gasteiger partial charge in [-0.05, 0) is 117 Å². The first-order valence-corrected chi connectivity index (χ1v) is 25.2. The number of halogens is 1. The van der Waals surface area contributed by atoms with Crippen LogP contribution in [0.4, 0.5) is 15.9 Å². The molecule has 6 saturated heterocycles. The van der Waals surface area contributed by atoms with Crippen LogP contribution in [-0.4, -0.2) is 142 Å². The highest BCUT2D eigenvalue weighted by Gasteiger charge is 2.54. The number of pyridine rings is 1. The van der Waals surface area contributed by atoms with Gasteiger partial charge in [0, 0.05) is 111 Å². The number of carbonyl (C=O) groups is 3. The lowest BCUT2D eigenvalue weighted by atomic mass is 9.71. The Morgan fingerprint density at radius 3 is 2.45 bits per heavy atom. The van der Waals surface area contributed by atoms with Gasteiger partial charge in [-0.25, -0.2) is 4.39 Å². The molecule has 13 rings (SSSR count). The van der Waals surface area contributed by atoms with E-state index in [4.69, 9.17) is 19.7 Å². The number of ether oxygens (including phenoxy) is 1. The van der Waals surface area contributed by atoms with Crippen LogP contribution in [0.1, 0.15) is 79.8 Å². The molecule has 69 heavy (non-hydrogen) atoms. The number of likely N-dealkylation sites (tertiary alicyclic amines) is 2. The smallest absolute Gasteiger partial charge is 0.319 e. The number of phenolic OH excluding ortho intramolecular Hbond substituents is 1. The summed E-state index contributed by atoms with van der Waals surface area (Å²) in [7, 11) is 0. The molecule has 3 amide bonds. The van der Waals surface area contributed by atoms with E-state index in [1.807, 2.05) is 30.3 Å². The van der Waals surface area contributed by atoms with E-state index in [9.17, 15) is 19.5 Å². The Bertz CT molecular complexity index is 2930. The third-order valence-electron chi connectivity index (χ3n) is 16.9. The fourth-order valence-electron chi connectivity index (χ4n) is 13.1. The second kappa shape index (κ2) is 16.3. The molecule has 2 aromatic heterocycles. The maximum absolute atomic E-state index is 17.2. The van der Waals surface area contributed by atoms with Gasteiger partial charge in [0.25, 0.3) is 5.91 Å². The number of piperidine rings is 2. The summed E-state index contributed by atoms with van der Waals surface area (Å²) in [5.74, 6) is -0.607. The van der Waals surface area contributed by atoms with Crippen molar-refractivity contribution in [2.24, 2.45) is 10.8 Å². The molecule has 16 heteroatoms. The molecule has 1 aliphatic carbocycles. The highest BCUT2D eigenvalue weighted by Crippen LogP contribution is 2.49. The molecule has 8 aliphatic rings. The van der Waals surface area contributed by atoms with Gasteiger partial charge in [-0.1, -0.05) is 25.1 Å². The summed E-state index contributed by atoms with van der Waals surface area (Å²) in [5, 5.41) is 19.2. The Labute approximate surface area is 400 Å². The largest absolute Gasteiger partial charge is 0.508 e. The van der Waals surface area contributed by atoms with E-state index in [1.54, 1.807) is 23.2 Å². The Morgan fingerprint density at radius 2 is 1.70 bits per heavy atom. The summed E-state index contributed by atoms with van der Waals surface area (Å²) < 4.78 is 23.7. The summed E-state index contributed by atoms with van der Waals surface area (Å²) >= 11 is 0. The summed E-state index contributed by atoms with van der Waals surface area (Å²) in [6.45, 7) is 11.8. The zero-order valence-electron chi connectivity index (χ0n) is 39.2. The van der Waals surface area contributed by atoms with E-state index in [2.05, 4.69) is 43.2 Å². The maximum Gasteiger partial charge on any atom is 0.319 e. The molecular formula is C53H59FN10O5. The number of nitrogens with one attached hydrogen (secondary N) is 2. The van der Waals surface area contributed by atoms with Crippen molar-refractivity contribution in [3.63, 3.8) is 0 Å². The van der Waals surface area contributed by atoms with Crippen LogP contribution in [0.15, 0.2) is 54.7 Å². The number of hydrogen-bond donors (Lipinski definition) is 3. The molecule has 1 spiro atoms. The maximum atomic E-state index is 17.2. The minimum Gasteiger partial charge on any atom is -0.508 e. The number of anilines is 2. The summed E-state index contributed by atoms with van der Waals surface area (Å²) in [6, 6.07) is 16.2. The average Bonchev–Trinajstić information content (AvgIpc) is 3.90. The highest BCUT2D eigenvalue weighted by atomic mass is 19.1. The standard InChI is InChI=1S/C53H59FN10O5/c1-2-31-4-3-5-32-19-38(65)20-40(44(31)32)46-45(54)47-41(21-55-46)48(61-23-34-6-7-35(24-61)56-34)59-51(58-47)69-30-52(14-15-52)25-60-16-12-36(13-17-60)62-26-53(27-62)28-63(29-53)37-8-9-39-33(18-37)22-64(50(39)68)42-10-11-43(66)57-49(42)67/h3-5,8-9,18-21,34-36,42,56,65H,2,6-7,10-17,22-30H2,1H3,(H,57,66,67). The van der Waals surface area contributed by atoms with E-state index in [0.717, 1.165) is 131 Å². The number of amides is 3. The third-order valence-corrected chi connectivity index (χ3v) is 16.9. The minimum absolute atomic E-state index is 0.0166. The number of aromatic nitrogens is 3. The molecule has 15 nitrogen and oxygen atoms in total. The van der Waals surface area contributed by atoms with Crippen LogP contribution in [-0.2, 0) is 22.6 Å². The quantitative estimate of drug-likeness (QED) is 0.145. The van der Waals surface area contributed by atoms with E-state index >= 15 is 4.39 Å². The van der Waals surface area contributed by atoms with Crippen molar-refractivity contribution in [2.45, 2.75) is 95.4 Å². The number of nitrogens with zero attached hydrogens (tertiary/aromatic N) is 8. The number of aromatic hydroxyl groups is 1. The van der Waals surface area contributed by atoms with Crippen LogP contribution in [0.3, 0.4) is 0 Å². The average molecular weight is 935 g/mol. The van der Waals surface area contributed by atoms with Gasteiger partial charge in [0.1, 0.15) is 28.8 Å². The van der Waals surface area contributed by atoms with Crippen molar-refractivity contribution >= 4 is 50.9 Å². The molecule has 0 radical (unpaired) electrons. The van der Waals surface area contributed by atoms with Crippen LogP contribution in [0, 0.1) is 16.6 Å². The zero-order chi connectivity index (χ0) is 46.8.